The molecule has 5 nitrogen and oxygen atoms in total. The van der Waals surface area contributed by atoms with Crippen LogP contribution in [0.3, 0.4) is 0 Å². The molecule has 8 heteroatoms. The zero-order chi connectivity index (χ0) is 15.6. The van der Waals surface area contributed by atoms with Gasteiger partial charge in [-0.2, -0.15) is 0 Å². The number of piperidine rings is 1. The Kier molecular flexibility index (Phi) is 5.24. The normalized spacial score (nSPS) is 18.0. The molecule has 118 valence electrons. The number of nitrogens with zero attached hydrogens (tertiary/aromatic N) is 1. The van der Waals surface area contributed by atoms with Gasteiger partial charge in [0, 0.05) is 11.0 Å². The lowest BCUT2D eigenvalue weighted by Gasteiger charge is -2.28. The van der Waals surface area contributed by atoms with Crippen molar-refractivity contribution in [3.05, 3.63) is 22.4 Å². The lowest BCUT2D eigenvalue weighted by molar-refractivity contribution is 0.220. The van der Waals surface area contributed by atoms with Gasteiger partial charge in [0.25, 0.3) is 0 Å². The van der Waals surface area contributed by atoms with Gasteiger partial charge in [-0.05, 0) is 67.0 Å². The van der Waals surface area contributed by atoms with Crippen LogP contribution in [-0.2, 0) is 10.0 Å². The monoisotopic (exact) mass is 379 g/mol. The van der Waals surface area contributed by atoms with Gasteiger partial charge in [0.05, 0.1) is 10.6 Å². The van der Waals surface area contributed by atoms with E-state index in [9.17, 15) is 12.8 Å². The maximum Gasteiger partial charge on any atom is 0.241 e. The summed E-state index contributed by atoms with van der Waals surface area (Å²) < 4.78 is 40.6. The molecule has 0 atom stereocenters. The Labute approximate surface area is 132 Å². The number of likely N-dealkylation sites (tertiary alicyclic amines) is 1. The van der Waals surface area contributed by atoms with Crippen molar-refractivity contribution >= 4 is 31.6 Å². The number of nitrogen functional groups attached to an aromatic ring is 1. The number of rotatable bonds is 4. The first-order chi connectivity index (χ1) is 9.79. The standard InChI is InChI=1S/C13H19BrFN3O2S/c1-18-4-2-9(3-5-18)8-17-21(19,20)13-7-12(16)11(15)6-10(13)14/h6-7,9,17H,2-5,8,16H2,1H3. The van der Waals surface area contributed by atoms with Gasteiger partial charge in [-0.15, -0.1) is 0 Å². The first kappa shape index (κ1) is 16.7. The van der Waals surface area contributed by atoms with E-state index in [2.05, 4.69) is 32.6 Å². The summed E-state index contributed by atoms with van der Waals surface area (Å²) in [5.41, 5.74) is 5.26. The summed E-state index contributed by atoms with van der Waals surface area (Å²) in [6.07, 6.45) is 1.93. The third kappa shape index (κ3) is 4.15. The average molecular weight is 380 g/mol. The van der Waals surface area contributed by atoms with E-state index in [1.54, 1.807) is 0 Å². The van der Waals surface area contributed by atoms with Crippen LogP contribution in [0.25, 0.3) is 0 Å². The van der Waals surface area contributed by atoms with E-state index in [1.807, 2.05) is 0 Å². The van der Waals surface area contributed by atoms with E-state index >= 15 is 0 Å². The molecular weight excluding hydrogens is 361 g/mol. The van der Waals surface area contributed by atoms with Gasteiger partial charge in [0.15, 0.2) is 0 Å². The van der Waals surface area contributed by atoms with Crippen LogP contribution in [0.5, 0.6) is 0 Å². The minimum Gasteiger partial charge on any atom is -0.396 e. The Morgan fingerprint density at radius 3 is 2.67 bits per heavy atom. The van der Waals surface area contributed by atoms with E-state index in [0.717, 1.165) is 38.1 Å². The van der Waals surface area contributed by atoms with Crippen LogP contribution in [0.15, 0.2) is 21.5 Å². The largest absolute Gasteiger partial charge is 0.396 e. The van der Waals surface area contributed by atoms with Crippen LogP contribution < -0.4 is 10.5 Å². The predicted octanol–water partition coefficient (Wildman–Crippen LogP) is 1.79. The quantitative estimate of drug-likeness (QED) is 0.781. The summed E-state index contributed by atoms with van der Waals surface area (Å²) in [4.78, 5) is 2.19. The minimum absolute atomic E-state index is 0.0330. The number of halogens is 2. The van der Waals surface area contributed by atoms with E-state index in [0.29, 0.717) is 12.5 Å². The van der Waals surface area contributed by atoms with Crippen LogP contribution >= 0.6 is 15.9 Å². The molecule has 0 spiro atoms. The highest BCUT2D eigenvalue weighted by Crippen LogP contribution is 2.27. The molecule has 21 heavy (non-hydrogen) atoms. The molecule has 1 aromatic carbocycles. The van der Waals surface area contributed by atoms with Crippen LogP contribution in [-0.4, -0.2) is 40.0 Å². The Morgan fingerprint density at radius 2 is 2.05 bits per heavy atom. The summed E-state index contributed by atoms with van der Waals surface area (Å²) in [5.74, 6) is -0.316. The number of nitrogens with one attached hydrogen (secondary N) is 1. The van der Waals surface area contributed by atoms with Gasteiger partial charge >= 0.3 is 0 Å². The van der Waals surface area contributed by atoms with Gasteiger partial charge < -0.3 is 10.6 Å². The zero-order valence-electron chi connectivity index (χ0n) is 11.8. The second-order valence-corrected chi connectivity index (χ2v) is 7.99. The van der Waals surface area contributed by atoms with Crippen LogP contribution in [0, 0.1) is 11.7 Å². The Bertz CT molecular complexity index is 616. The van der Waals surface area contributed by atoms with Crippen molar-refractivity contribution in [2.24, 2.45) is 5.92 Å². The van der Waals surface area contributed by atoms with Gasteiger partial charge in [-0.25, -0.2) is 17.5 Å². The highest BCUT2D eigenvalue weighted by Gasteiger charge is 2.23. The van der Waals surface area contributed by atoms with Crippen molar-refractivity contribution in [3.63, 3.8) is 0 Å². The molecule has 1 heterocycles. The number of hydrogen-bond donors (Lipinski definition) is 2. The van der Waals surface area contributed by atoms with E-state index in [1.165, 1.54) is 0 Å². The van der Waals surface area contributed by atoms with Gasteiger partial charge in [-0.3, -0.25) is 0 Å². The van der Waals surface area contributed by atoms with Crippen LogP contribution in [0.1, 0.15) is 12.8 Å². The summed E-state index contributed by atoms with van der Waals surface area (Å²) >= 11 is 3.07. The van der Waals surface area contributed by atoms with E-state index in [-0.39, 0.29) is 15.1 Å². The first-order valence-corrected chi connectivity index (χ1v) is 9.00. The Balaban J connectivity index is 2.07. The third-order valence-electron chi connectivity index (χ3n) is 3.74. The highest BCUT2D eigenvalue weighted by atomic mass is 79.9. The second kappa shape index (κ2) is 6.60. The molecule has 0 aromatic heterocycles. The molecule has 2 rings (SSSR count). The summed E-state index contributed by atoms with van der Waals surface area (Å²) in [6.45, 7) is 2.33. The molecule has 1 saturated heterocycles. The third-order valence-corrected chi connectivity index (χ3v) is 6.12. The molecule has 1 aliphatic heterocycles. The Morgan fingerprint density at radius 1 is 1.43 bits per heavy atom. The lowest BCUT2D eigenvalue weighted by atomic mass is 9.98. The van der Waals surface area contributed by atoms with Gasteiger partial charge in [-0.1, -0.05) is 0 Å². The maximum atomic E-state index is 13.3. The predicted molar refractivity (Wildman–Crippen MR) is 83.9 cm³/mol. The van der Waals surface area contributed by atoms with Crippen molar-refractivity contribution < 1.29 is 12.8 Å². The number of nitrogens with two attached hydrogens (primary N) is 1. The Hall–Kier alpha value is -0.700. The van der Waals surface area contributed by atoms with Crippen LogP contribution in [0.2, 0.25) is 0 Å². The minimum atomic E-state index is -3.70. The SMILES string of the molecule is CN1CCC(CNS(=O)(=O)c2cc(N)c(F)cc2Br)CC1. The summed E-state index contributed by atoms with van der Waals surface area (Å²) in [7, 11) is -1.65. The van der Waals surface area contributed by atoms with E-state index < -0.39 is 15.8 Å². The van der Waals surface area contributed by atoms with Crippen molar-refractivity contribution in [1.82, 2.24) is 9.62 Å². The van der Waals surface area contributed by atoms with Gasteiger partial charge in [0.2, 0.25) is 10.0 Å². The summed E-state index contributed by atoms with van der Waals surface area (Å²) in [5, 5.41) is 0. The smallest absolute Gasteiger partial charge is 0.241 e. The molecule has 3 N–H and O–H groups in total. The zero-order valence-corrected chi connectivity index (χ0v) is 14.2. The average Bonchev–Trinajstić information content (AvgIpc) is 2.42. The van der Waals surface area contributed by atoms with Crippen molar-refractivity contribution in [2.75, 3.05) is 32.4 Å². The number of benzene rings is 1. The number of hydrogen-bond acceptors (Lipinski definition) is 4. The molecule has 0 amide bonds. The number of anilines is 1. The van der Waals surface area contributed by atoms with Crippen molar-refractivity contribution in [3.8, 4) is 0 Å². The molecule has 0 aliphatic carbocycles. The first-order valence-electron chi connectivity index (χ1n) is 6.72. The van der Waals surface area contributed by atoms with Crippen molar-refractivity contribution in [2.45, 2.75) is 17.7 Å². The fourth-order valence-electron chi connectivity index (χ4n) is 2.32. The molecular formula is C13H19BrFN3O2S. The second-order valence-electron chi connectivity index (χ2n) is 5.40. The molecule has 0 unspecified atom stereocenters. The molecule has 0 bridgehead atoms. The fraction of sp³-hybridized carbons (Fsp3) is 0.538. The maximum absolute atomic E-state index is 13.3. The van der Waals surface area contributed by atoms with Gasteiger partial charge in [0.1, 0.15) is 5.82 Å². The van der Waals surface area contributed by atoms with Crippen molar-refractivity contribution in [1.29, 1.82) is 0 Å². The molecule has 1 aromatic rings. The molecule has 0 radical (unpaired) electrons. The van der Waals surface area contributed by atoms with E-state index in [4.69, 9.17) is 5.73 Å². The fourth-order valence-corrected chi connectivity index (χ4v) is 4.49. The summed E-state index contributed by atoms with van der Waals surface area (Å²) in [6, 6.07) is 2.20. The lowest BCUT2D eigenvalue weighted by Crippen LogP contribution is -2.37. The molecule has 1 fully saturated rings. The molecule has 1 aliphatic rings. The molecule has 0 saturated carbocycles. The highest BCUT2D eigenvalue weighted by molar-refractivity contribution is 9.10. The topological polar surface area (TPSA) is 75.4 Å². The van der Waals surface area contributed by atoms with Crippen LogP contribution in [0.4, 0.5) is 10.1 Å². The number of sulfonamides is 1.